The second kappa shape index (κ2) is 18.2. The Labute approximate surface area is 226 Å². The van der Waals surface area contributed by atoms with Crippen molar-refractivity contribution in [1.82, 2.24) is 4.90 Å². The number of nitrogens with zero attached hydrogens (tertiary/aromatic N) is 1. The van der Waals surface area contributed by atoms with E-state index in [0.717, 1.165) is 12.8 Å². The zero-order valence-corrected chi connectivity index (χ0v) is 23.8. The number of carbonyl (C=O) groups is 1. The average molecular weight is 533 g/mol. The third-order valence-electron chi connectivity index (χ3n) is 7.14. The normalized spacial score (nSPS) is 12.1. The fourth-order valence-corrected chi connectivity index (χ4v) is 5.26. The largest absolute Gasteiger partial charge is 0.506 e. The Morgan fingerprint density at radius 1 is 0.811 bits per heavy atom. The Bertz CT molecular complexity index is 966. The van der Waals surface area contributed by atoms with Gasteiger partial charge in [-0.25, -0.2) is 4.21 Å². The molecule has 0 heterocycles. The monoisotopic (exact) mass is 532 g/mol. The molecular weight excluding hydrogens is 484 g/mol. The van der Waals surface area contributed by atoms with E-state index >= 15 is 0 Å². The molecule has 1 atom stereocenters. The van der Waals surface area contributed by atoms with E-state index in [2.05, 4.69) is 11.6 Å². The minimum atomic E-state index is -2.28. The van der Waals surface area contributed by atoms with E-state index in [1.807, 2.05) is 0 Å². The summed E-state index contributed by atoms with van der Waals surface area (Å²) in [5.74, 6) is -0.398. The number of amides is 1. The van der Waals surface area contributed by atoms with Gasteiger partial charge in [-0.05, 0) is 12.5 Å². The molecule has 2 rings (SSSR count). The van der Waals surface area contributed by atoms with Gasteiger partial charge in [0.2, 0.25) is 0 Å². The van der Waals surface area contributed by atoms with Crippen LogP contribution in [0.5, 0.6) is 5.75 Å². The SMILES string of the molecule is CCCCCCCCCCCCCCCCCCN(C)C(=O)c1cc(NS(=O)O)c2ccccc2c1O. The molecule has 0 saturated heterocycles. The van der Waals surface area contributed by atoms with E-state index in [1.165, 1.54) is 96.0 Å². The van der Waals surface area contributed by atoms with Crippen LogP contribution in [0.25, 0.3) is 10.8 Å². The van der Waals surface area contributed by atoms with Crippen LogP contribution in [0, 0.1) is 0 Å². The first-order valence-corrected chi connectivity index (χ1v) is 15.4. The van der Waals surface area contributed by atoms with Gasteiger partial charge in [0.1, 0.15) is 5.75 Å². The molecule has 0 aliphatic carbocycles. The van der Waals surface area contributed by atoms with Crippen LogP contribution < -0.4 is 4.72 Å². The molecule has 0 aromatic heterocycles. The topological polar surface area (TPSA) is 89.9 Å². The molecule has 2 aromatic rings. The molecule has 3 N–H and O–H groups in total. The number of rotatable bonds is 20. The number of hydrogen-bond acceptors (Lipinski definition) is 3. The molecule has 0 aliphatic heterocycles. The van der Waals surface area contributed by atoms with Crippen molar-refractivity contribution in [2.75, 3.05) is 18.3 Å². The van der Waals surface area contributed by atoms with Crippen molar-refractivity contribution >= 4 is 33.6 Å². The van der Waals surface area contributed by atoms with Crippen LogP contribution in [0.1, 0.15) is 120 Å². The van der Waals surface area contributed by atoms with Crippen molar-refractivity contribution < 1.29 is 18.7 Å². The lowest BCUT2D eigenvalue weighted by atomic mass is 10.0. The van der Waals surface area contributed by atoms with Crippen LogP contribution in [0.3, 0.4) is 0 Å². The Kier molecular flexibility index (Phi) is 15.3. The number of anilines is 1. The van der Waals surface area contributed by atoms with Crippen LogP contribution in [0.2, 0.25) is 0 Å². The van der Waals surface area contributed by atoms with Gasteiger partial charge in [-0.15, -0.1) is 0 Å². The summed E-state index contributed by atoms with van der Waals surface area (Å²) >= 11 is -2.28. The first-order valence-electron chi connectivity index (χ1n) is 14.3. The standard InChI is InChI=1S/C30H48N2O4S/c1-3-4-5-6-7-8-9-10-11-12-13-14-15-16-17-20-23-32(2)30(34)27-24-28(31-37(35)36)25-21-18-19-22-26(25)29(27)33/h18-19,21-22,24,31,33H,3-17,20,23H2,1-2H3,(H,35,36). The van der Waals surface area contributed by atoms with Crippen LogP contribution in [0.15, 0.2) is 30.3 Å². The van der Waals surface area contributed by atoms with Crippen molar-refractivity contribution in [3.8, 4) is 5.75 Å². The highest BCUT2D eigenvalue weighted by atomic mass is 32.2. The highest BCUT2D eigenvalue weighted by Crippen LogP contribution is 2.35. The summed E-state index contributed by atoms with van der Waals surface area (Å²) < 4.78 is 23.1. The van der Waals surface area contributed by atoms with Gasteiger partial charge < -0.3 is 10.0 Å². The van der Waals surface area contributed by atoms with E-state index in [1.54, 1.807) is 36.2 Å². The van der Waals surface area contributed by atoms with Crippen LogP contribution >= 0.6 is 0 Å². The van der Waals surface area contributed by atoms with Crippen molar-refractivity contribution in [3.05, 3.63) is 35.9 Å². The number of hydrogen-bond donors (Lipinski definition) is 3. The Morgan fingerprint density at radius 2 is 1.27 bits per heavy atom. The summed E-state index contributed by atoms with van der Waals surface area (Å²) in [5, 5.41) is 11.8. The number of aromatic hydroxyl groups is 1. The van der Waals surface area contributed by atoms with Crippen molar-refractivity contribution in [3.63, 3.8) is 0 Å². The molecule has 0 bridgehead atoms. The minimum absolute atomic E-state index is 0.103. The number of carbonyl (C=O) groups excluding carboxylic acids is 1. The molecular formula is C30H48N2O4S. The first kappa shape index (κ1) is 31.1. The fraction of sp³-hybridized carbons (Fsp3) is 0.633. The van der Waals surface area contributed by atoms with Gasteiger partial charge in [-0.2, -0.15) is 0 Å². The Morgan fingerprint density at radius 3 is 1.76 bits per heavy atom. The molecule has 1 amide bonds. The van der Waals surface area contributed by atoms with Crippen molar-refractivity contribution in [1.29, 1.82) is 0 Å². The minimum Gasteiger partial charge on any atom is -0.506 e. The molecule has 0 saturated carbocycles. The summed E-state index contributed by atoms with van der Waals surface area (Å²) in [5.41, 5.74) is 0.471. The molecule has 208 valence electrons. The maximum Gasteiger partial charge on any atom is 0.259 e. The summed E-state index contributed by atoms with van der Waals surface area (Å²) in [4.78, 5) is 14.7. The zero-order valence-electron chi connectivity index (χ0n) is 23.0. The smallest absolute Gasteiger partial charge is 0.259 e. The number of nitrogens with one attached hydrogen (secondary N) is 1. The van der Waals surface area contributed by atoms with Gasteiger partial charge in [0.15, 0.2) is 0 Å². The first-order chi connectivity index (χ1) is 18.0. The van der Waals surface area contributed by atoms with E-state index in [4.69, 9.17) is 0 Å². The second-order valence-electron chi connectivity index (χ2n) is 10.2. The van der Waals surface area contributed by atoms with Crippen LogP contribution in [-0.2, 0) is 11.3 Å². The molecule has 0 aliphatic rings. The Hall–Kier alpha value is -2.12. The number of benzene rings is 2. The lowest BCUT2D eigenvalue weighted by Crippen LogP contribution is -2.28. The third kappa shape index (κ3) is 11.4. The summed E-state index contributed by atoms with van der Waals surface area (Å²) in [6.45, 7) is 2.88. The Balaban J connectivity index is 1.62. The van der Waals surface area contributed by atoms with Gasteiger partial charge in [0.05, 0.1) is 11.3 Å². The second-order valence-corrected chi connectivity index (χ2v) is 10.9. The van der Waals surface area contributed by atoms with E-state index in [0.29, 0.717) is 23.0 Å². The highest BCUT2D eigenvalue weighted by molar-refractivity contribution is 7.80. The zero-order chi connectivity index (χ0) is 26.9. The summed E-state index contributed by atoms with van der Waals surface area (Å²) in [7, 11) is 1.74. The molecule has 0 fully saturated rings. The summed E-state index contributed by atoms with van der Waals surface area (Å²) in [6.07, 6.45) is 20.9. The predicted octanol–water partition coefficient (Wildman–Crippen LogP) is 8.43. The third-order valence-corrected chi connectivity index (χ3v) is 7.53. The lowest BCUT2D eigenvalue weighted by Gasteiger charge is -2.19. The number of fused-ring (bicyclic) bond motifs is 1. The average Bonchev–Trinajstić information content (AvgIpc) is 2.89. The number of unbranched alkanes of at least 4 members (excludes halogenated alkanes) is 15. The molecule has 7 heteroatoms. The van der Waals surface area contributed by atoms with Crippen LogP contribution in [-0.4, -0.2) is 38.3 Å². The molecule has 6 nitrogen and oxygen atoms in total. The maximum atomic E-state index is 13.0. The maximum absolute atomic E-state index is 13.0. The van der Waals surface area contributed by atoms with E-state index in [-0.39, 0.29) is 17.2 Å². The lowest BCUT2D eigenvalue weighted by molar-refractivity contribution is 0.0790. The van der Waals surface area contributed by atoms with E-state index < -0.39 is 11.3 Å². The van der Waals surface area contributed by atoms with Gasteiger partial charge in [0, 0.05) is 24.4 Å². The quantitative estimate of drug-likeness (QED) is 0.0907. The highest BCUT2D eigenvalue weighted by Gasteiger charge is 2.20. The van der Waals surface area contributed by atoms with Gasteiger partial charge in [-0.1, -0.05) is 128 Å². The number of phenolic OH excluding ortho intramolecular Hbond substituents is 1. The molecule has 37 heavy (non-hydrogen) atoms. The molecule has 0 spiro atoms. The van der Waals surface area contributed by atoms with Crippen molar-refractivity contribution in [2.24, 2.45) is 0 Å². The predicted molar refractivity (Wildman–Crippen MR) is 157 cm³/mol. The van der Waals surface area contributed by atoms with Crippen LogP contribution in [0.4, 0.5) is 5.69 Å². The van der Waals surface area contributed by atoms with Gasteiger partial charge in [-0.3, -0.25) is 14.1 Å². The fourth-order valence-electron chi connectivity index (χ4n) is 4.91. The molecule has 2 aromatic carbocycles. The van der Waals surface area contributed by atoms with E-state index in [9.17, 15) is 18.7 Å². The van der Waals surface area contributed by atoms with Gasteiger partial charge >= 0.3 is 0 Å². The summed E-state index contributed by atoms with van der Waals surface area (Å²) in [6, 6.07) is 8.42. The van der Waals surface area contributed by atoms with Crippen molar-refractivity contribution in [2.45, 2.75) is 110 Å². The number of phenols is 1. The molecule has 1 unspecified atom stereocenters. The molecule has 0 radical (unpaired) electrons. The van der Waals surface area contributed by atoms with Gasteiger partial charge in [0.25, 0.3) is 17.2 Å².